The van der Waals surface area contributed by atoms with Crippen molar-refractivity contribution < 1.29 is 14.5 Å². The van der Waals surface area contributed by atoms with E-state index in [1.54, 1.807) is 28.0 Å². The molecule has 27 heavy (non-hydrogen) atoms. The van der Waals surface area contributed by atoms with E-state index < -0.39 is 11.7 Å². The molecule has 0 radical (unpaired) electrons. The van der Waals surface area contributed by atoms with Crippen LogP contribution < -0.4 is 9.80 Å². The number of aromatic nitrogens is 3. The summed E-state index contributed by atoms with van der Waals surface area (Å²) in [6.45, 7) is 2.53. The number of anilines is 1. The van der Waals surface area contributed by atoms with Gasteiger partial charge in [0.2, 0.25) is 0 Å². The molecule has 2 atom stereocenters. The number of benzene rings is 2. The molecule has 1 N–H and O–H groups in total. The molecule has 0 spiro atoms. The number of para-hydroxylation sites is 1. The number of carbonyl (C=O) groups excluding carboxylic acids is 2. The average Bonchev–Trinajstić information content (AvgIpc) is 3.32. The Morgan fingerprint density at radius 3 is 2.52 bits per heavy atom. The number of rotatable bonds is 5. The summed E-state index contributed by atoms with van der Waals surface area (Å²) in [5.41, 5.74) is 3.26. The second kappa shape index (κ2) is 6.77. The third kappa shape index (κ3) is 3.02. The van der Waals surface area contributed by atoms with Gasteiger partial charge < -0.3 is 4.90 Å². The van der Waals surface area contributed by atoms with Gasteiger partial charge in [0.1, 0.15) is 18.7 Å². The van der Waals surface area contributed by atoms with Gasteiger partial charge in [-0.3, -0.25) is 14.5 Å². The number of amides is 1. The Labute approximate surface area is 156 Å². The number of quaternary nitrogens is 1. The molecular formula is C20H20N5O2+. The van der Waals surface area contributed by atoms with Crippen molar-refractivity contribution in [3.05, 3.63) is 72.3 Å². The fourth-order valence-corrected chi connectivity index (χ4v) is 3.33. The molecule has 3 aromatic rings. The SMILES string of the molecule is C[C@@H](c1ccc(-n2cncn2)cc1)[NH+](C)CN1C(=O)C(=O)c2ccccc21. The lowest BCUT2D eigenvalue weighted by atomic mass is 10.1. The Bertz CT molecular complexity index is 982. The molecule has 7 nitrogen and oxygen atoms in total. The average molecular weight is 362 g/mol. The van der Waals surface area contributed by atoms with E-state index in [1.807, 2.05) is 31.3 Å². The van der Waals surface area contributed by atoms with Gasteiger partial charge in [0, 0.05) is 5.56 Å². The standard InChI is InChI=1S/C20H19N5O2/c1-14(15-7-9-16(10-8-15)25-12-21-11-22-25)23(2)13-24-18-6-4-3-5-17(18)19(26)20(24)27/h3-12,14H,13H2,1-2H3/p+1/t14-/m0/s1. The fraction of sp³-hybridized carbons (Fsp3) is 0.200. The van der Waals surface area contributed by atoms with Crippen LogP contribution in [0.2, 0.25) is 0 Å². The third-order valence-corrected chi connectivity index (χ3v) is 5.10. The van der Waals surface area contributed by atoms with Crippen molar-refractivity contribution in [3.63, 3.8) is 0 Å². The van der Waals surface area contributed by atoms with Crippen LogP contribution in [0.5, 0.6) is 0 Å². The molecule has 0 bridgehead atoms. The van der Waals surface area contributed by atoms with Crippen molar-refractivity contribution >= 4 is 17.4 Å². The number of fused-ring (bicyclic) bond motifs is 1. The van der Waals surface area contributed by atoms with Gasteiger partial charge in [0.15, 0.2) is 6.67 Å². The Balaban J connectivity index is 1.51. The number of ketones is 1. The van der Waals surface area contributed by atoms with Crippen LogP contribution in [-0.2, 0) is 4.79 Å². The molecule has 2 aromatic carbocycles. The van der Waals surface area contributed by atoms with Gasteiger partial charge in [-0.25, -0.2) is 9.67 Å². The van der Waals surface area contributed by atoms with Crippen LogP contribution in [0.4, 0.5) is 5.69 Å². The normalized spacial score (nSPS) is 15.7. The van der Waals surface area contributed by atoms with E-state index in [4.69, 9.17) is 0 Å². The predicted molar refractivity (Wildman–Crippen MR) is 99.8 cm³/mol. The zero-order chi connectivity index (χ0) is 19.0. The van der Waals surface area contributed by atoms with E-state index in [9.17, 15) is 9.59 Å². The lowest BCUT2D eigenvalue weighted by Gasteiger charge is -2.26. The minimum atomic E-state index is -0.454. The number of carbonyl (C=O) groups is 2. The zero-order valence-electron chi connectivity index (χ0n) is 15.2. The maximum absolute atomic E-state index is 12.4. The van der Waals surface area contributed by atoms with Crippen molar-refractivity contribution in [1.29, 1.82) is 0 Å². The number of hydrogen-bond donors (Lipinski definition) is 1. The molecule has 0 fully saturated rings. The molecule has 0 saturated heterocycles. The van der Waals surface area contributed by atoms with E-state index in [0.717, 1.165) is 16.2 Å². The van der Waals surface area contributed by atoms with Crippen LogP contribution >= 0.6 is 0 Å². The molecule has 4 rings (SSSR count). The highest BCUT2D eigenvalue weighted by atomic mass is 16.2. The van der Waals surface area contributed by atoms with Crippen LogP contribution in [0.3, 0.4) is 0 Å². The highest BCUT2D eigenvalue weighted by molar-refractivity contribution is 6.52. The summed E-state index contributed by atoms with van der Waals surface area (Å²) in [4.78, 5) is 31.2. The second-order valence-corrected chi connectivity index (χ2v) is 6.74. The van der Waals surface area contributed by atoms with Crippen LogP contribution in [0.15, 0.2) is 61.2 Å². The summed E-state index contributed by atoms with van der Waals surface area (Å²) >= 11 is 0. The molecule has 136 valence electrons. The van der Waals surface area contributed by atoms with Gasteiger partial charge in [-0.05, 0) is 31.2 Å². The van der Waals surface area contributed by atoms with E-state index in [2.05, 4.69) is 29.1 Å². The molecule has 1 amide bonds. The van der Waals surface area contributed by atoms with Crippen LogP contribution in [-0.4, -0.2) is 40.2 Å². The fourth-order valence-electron chi connectivity index (χ4n) is 3.33. The number of nitrogens with one attached hydrogen (secondary N) is 1. The Morgan fingerprint density at radius 1 is 1.07 bits per heavy atom. The maximum Gasteiger partial charge on any atom is 0.303 e. The maximum atomic E-state index is 12.4. The van der Waals surface area contributed by atoms with E-state index in [1.165, 1.54) is 6.33 Å². The van der Waals surface area contributed by atoms with Crippen molar-refractivity contribution in [3.8, 4) is 5.69 Å². The van der Waals surface area contributed by atoms with Crippen molar-refractivity contribution in [2.24, 2.45) is 0 Å². The van der Waals surface area contributed by atoms with Gasteiger partial charge in [0.25, 0.3) is 5.78 Å². The van der Waals surface area contributed by atoms with Gasteiger partial charge >= 0.3 is 5.91 Å². The van der Waals surface area contributed by atoms with Gasteiger partial charge in [-0.2, -0.15) is 5.10 Å². The van der Waals surface area contributed by atoms with Crippen LogP contribution in [0, 0.1) is 0 Å². The zero-order valence-corrected chi connectivity index (χ0v) is 15.2. The second-order valence-electron chi connectivity index (χ2n) is 6.74. The smallest absolute Gasteiger partial charge is 0.303 e. The molecule has 2 heterocycles. The molecule has 1 aromatic heterocycles. The molecular weight excluding hydrogens is 342 g/mol. The van der Waals surface area contributed by atoms with Crippen molar-refractivity contribution in [1.82, 2.24) is 14.8 Å². The van der Waals surface area contributed by atoms with Crippen molar-refractivity contribution in [2.45, 2.75) is 13.0 Å². The van der Waals surface area contributed by atoms with Crippen molar-refractivity contribution in [2.75, 3.05) is 18.6 Å². The lowest BCUT2D eigenvalue weighted by Crippen LogP contribution is -3.10. The molecule has 1 aliphatic rings. The minimum absolute atomic E-state index is 0.144. The third-order valence-electron chi connectivity index (χ3n) is 5.10. The number of nitrogens with zero attached hydrogens (tertiary/aromatic N) is 4. The highest BCUT2D eigenvalue weighted by Crippen LogP contribution is 2.27. The lowest BCUT2D eigenvalue weighted by molar-refractivity contribution is -0.909. The Kier molecular flexibility index (Phi) is 4.29. The summed E-state index contributed by atoms with van der Waals surface area (Å²) < 4.78 is 1.70. The molecule has 1 aliphatic heterocycles. The monoisotopic (exact) mass is 362 g/mol. The highest BCUT2D eigenvalue weighted by Gasteiger charge is 2.37. The minimum Gasteiger partial charge on any atom is -0.314 e. The van der Waals surface area contributed by atoms with Gasteiger partial charge in [-0.1, -0.05) is 24.3 Å². The molecule has 1 unspecified atom stereocenters. The summed E-state index contributed by atoms with van der Waals surface area (Å²) in [5.74, 6) is -0.882. The summed E-state index contributed by atoms with van der Waals surface area (Å²) in [6.07, 6.45) is 3.16. The quantitative estimate of drug-likeness (QED) is 0.688. The molecule has 7 heteroatoms. The molecule has 0 aliphatic carbocycles. The first-order chi connectivity index (χ1) is 13.1. The number of hydrogen-bond acceptors (Lipinski definition) is 4. The van der Waals surface area contributed by atoms with Crippen LogP contribution in [0.25, 0.3) is 5.69 Å². The van der Waals surface area contributed by atoms with Gasteiger partial charge in [-0.15, -0.1) is 0 Å². The van der Waals surface area contributed by atoms with E-state index in [0.29, 0.717) is 17.9 Å². The first kappa shape index (κ1) is 17.1. The number of Topliss-reactive ketones (excluding diaryl/α,β-unsaturated/α-hetero) is 1. The van der Waals surface area contributed by atoms with E-state index in [-0.39, 0.29) is 6.04 Å². The summed E-state index contributed by atoms with van der Waals surface area (Å²) in [5, 5.41) is 4.13. The largest absolute Gasteiger partial charge is 0.314 e. The Morgan fingerprint density at radius 2 is 1.81 bits per heavy atom. The van der Waals surface area contributed by atoms with Crippen LogP contribution in [0.1, 0.15) is 28.9 Å². The summed E-state index contributed by atoms with van der Waals surface area (Å²) in [7, 11) is 2.02. The van der Waals surface area contributed by atoms with E-state index >= 15 is 0 Å². The first-order valence-electron chi connectivity index (χ1n) is 8.79. The summed E-state index contributed by atoms with van der Waals surface area (Å²) in [6, 6.07) is 15.4. The topological polar surface area (TPSA) is 72.5 Å². The Hall–Kier alpha value is -3.32. The molecule has 0 saturated carbocycles. The first-order valence-corrected chi connectivity index (χ1v) is 8.79. The predicted octanol–water partition coefficient (Wildman–Crippen LogP) is 1.03. The van der Waals surface area contributed by atoms with Gasteiger partial charge in [0.05, 0.1) is 24.0 Å².